The van der Waals surface area contributed by atoms with E-state index < -0.39 is 0 Å². The summed E-state index contributed by atoms with van der Waals surface area (Å²) in [5, 5.41) is 3.46. The third-order valence-corrected chi connectivity index (χ3v) is 1.53. The smallest absolute Gasteiger partial charge is 0.170 e. The molecular formula is C8H10F9N3O2. The molecule has 0 aromatic heterocycles. The maximum atomic E-state index is 8.27. The van der Waals surface area contributed by atoms with Crippen molar-refractivity contribution in [2.45, 2.75) is 0 Å². The number of methoxy groups -OCH3 is 2. The van der Waals surface area contributed by atoms with Crippen LogP contribution in [0.5, 0.6) is 11.5 Å². The van der Waals surface area contributed by atoms with Gasteiger partial charge in [-0.05, 0) is 17.7 Å². The van der Waals surface area contributed by atoms with Crippen LogP contribution >= 0.6 is 0 Å². The van der Waals surface area contributed by atoms with Crippen LogP contribution in [-0.2, 0) is 0 Å². The van der Waals surface area contributed by atoms with E-state index in [-0.39, 0.29) is 4.70 Å². The minimum Gasteiger partial charge on any atom is -0.493 e. The van der Waals surface area contributed by atoms with Gasteiger partial charge in [0, 0.05) is 41.5 Å². The van der Waals surface area contributed by atoms with Gasteiger partial charge in [-0.1, -0.05) is 11.2 Å². The average molecular weight is 351 g/mol. The van der Waals surface area contributed by atoms with Crippen molar-refractivity contribution in [1.29, 1.82) is 0 Å². The first kappa shape index (κ1) is 31.7. The summed E-state index contributed by atoms with van der Waals surface area (Å²) in [5.41, 5.74) is 8.69. The molecule has 0 N–H and O–H groups in total. The van der Waals surface area contributed by atoms with Crippen molar-refractivity contribution in [2.24, 2.45) is 5.11 Å². The Hall–Kier alpha value is -2.50. The Kier molecular flexibility index (Phi) is 44.9. The molecule has 5 nitrogen and oxygen atoms in total. The average Bonchev–Trinajstić information content (AvgIpc) is 2.62. The van der Waals surface area contributed by atoms with E-state index in [4.69, 9.17) is 51.6 Å². The van der Waals surface area contributed by atoms with E-state index in [1.807, 2.05) is 0 Å². The number of benzene rings is 1. The van der Waals surface area contributed by atoms with Gasteiger partial charge in [0.05, 0.1) is 19.9 Å². The fourth-order valence-electron chi connectivity index (χ4n) is 0.997. The SMILES string of the molecule is COc1cccc(N=[N+]=[N-])c1OC.F.FF.FF.FF.FF. The Balaban J connectivity index is -0.0000000932. The molecular weight excluding hydrogens is 341 g/mol. The largest absolute Gasteiger partial charge is 0.493 e. The van der Waals surface area contributed by atoms with E-state index in [0.29, 0.717) is 17.2 Å². The molecule has 1 rings (SSSR count). The van der Waals surface area contributed by atoms with Crippen LogP contribution in [0.25, 0.3) is 10.4 Å². The second kappa shape index (κ2) is 31.1. The Bertz CT molecular complexity index is 367. The third kappa shape index (κ3) is 13.9. The van der Waals surface area contributed by atoms with Crippen molar-refractivity contribution in [3.8, 4) is 11.5 Å². The van der Waals surface area contributed by atoms with Crippen LogP contribution in [0.2, 0.25) is 0 Å². The van der Waals surface area contributed by atoms with Gasteiger partial charge in [-0.2, -0.15) is 0 Å². The molecule has 0 radical (unpaired) electrons. The zero-order valence-corrected chi connectivity index (χ0v) is 10.8. The van der Waals surface area contributed by atoms with E-state index in [0.717, 1.165) is 0 Å². The van der Waals surface area contributed by atoms with E-state index in [2.05, 4.69) is 10.0 Å². The van der Waals surface area contributed by atoms with Crippen LogP contribution < -0.4 is 9.47 Å². The Morgan fingerprint density at radius 2 is 1.36 bits per heavy atom. The molecule has 0 amide bonds. The molecule has 14 heteroatoms. The summed E-state index contributed by atoms with van der Waals surface area (Å²) in [4.78, 5) is 2.68. The number of azide groups is 1. The number of hydrogen-bond donors (Lipinski definition) is 0. The molecule has 0 saturated carbocycles. The van der Waals surface area contributed by atoms with Gasteiger partial charge >= 0.3 is 0 Å². The molecule has 132 valence electrons. The van der Waals surface area contributed by atoms with Gasteiger partial charge in [-0.15, -0.1) is 0 Å². The van der Waals surface area contributed by atoms with E-state index in [1.54, 1.807) is 18.2 Å². The molecule has 0 bridgehead atoms. The van der Waals surface area contributed by atoms with Crippen molar-refractivity contribution < 1.29 is 50.8 Å². The summed E-state index contributed by atoms with van der Waals surface area (Å²) in [6.07, 6.45) is 0. The van der Waals surface area contributed by atoms with E-state index in [1.165, 1.54) is 14.2 Å². The van der Waals surface area contributed by atoms with Crippen LogP contribution in [0, 0.1) is 0 Å². The van der Waals surface area contributed by atoms with Crippen molar-refractivity contribution in [3.05, 3.63) is 28.6 Å². The molecule has 1 aromatic rings. The first-order chi connectivity index (χ1) is 10.3. The summed E-state index contributed by atoms with van der Waals surface area (Å²) in [6, 6.07) is 5.11. The zero-order valence-electron chi connectivity index (χ0n) is 10.8. The molecule has 1 aromatic carbocycles. The molecule has 0 atom stereocenters. The molecule has 0 heterocycles. The zero-order chi connectivity index (χ0) is 17.7. The minimum absolute atomic E-state index is 0. The van der Waals surface area contributed by atoms with Gasteiger partial charge in [0.2, 0.25) is 0 Å². The fraction of sp³-hybridized carbons (Fsp3) is 0.250. The Morgan fingerprint density at radius 1 is 0.909 bits per heavy atom. The number of halogens is 9. The maximum Gasteiger partial charge on any atom is 0.170 e. The molecule has 0 aliphatic heterocycles. The van der Waals surface area contributed by atoms with Crippen LogP contribution in [0.4, 0.5) is 47.0 Å². The second-order valence-electron chi connectivity index (χ2n) is 2.20. The highest BCUT2D eigenvalue weighted by atomic mass is 20.0. The Morgan fingerprint density at radius 3 is 1.68 bits per heavy atom. The summed E-state index contributed by atoms with van der Waals surface area (Å²) in [7, 11) is 3.02. The summed E-state index contributed by atoms with van der Waals surface area (Å²) < 4.78 is 74.0. The summed E-state index contributed by atoms with van der Waals surface area (Å²) in [6.45, 7) is 0. The van der Waals surface area contributed by atoms with Crippen molar-refractivity contribution in [2.75, 3.05) is 14.2 Å². The highest BCUT2D eigenvalue weighted by Crippen LogP contribution is 2.36. The van der Waals surface area contributed by atoms with Gasteiger partial charge in [0.15, 0.2) is 11.5 Å². The molecule has 0 aliphatic carbocycles. The number of nitrogens with zero attached hydrogens (tertiary/aromatic N) is 3. The topological polar surface area (TPSA) is 67.2 Å². The lowest BCUT2D eigenvalue weighted by Gasteiger charge is -2.08. The van der Waals surface area contributed by atoms with Gasteiger partial charge in [-0.25, -0.2) is 0 Å². The first-order valence-corrected chi connectivity index (χ1v) is 4.16. The Labute approximate surface area is 117 Å². The van der Waals surface area contributed by atoms with Gasteiger partial charge < -0.3 is 9.47 Å². The standard InChI is InChI=1S/C8H9N3O2.4F2.FH/c1-12-7-5-3-4-6(10-11-9)8(7)13-2;4*1-2;/h3-5H,1-2H3;;;;;1H. The lowest BCUT2D eigenvalue weighted by molar-refractivity contribution is 0.108. The summed E-state index contributed by atoms with van der Waals surface area (Å²) in [5.74, 6) is 0.996. The van der Waals surface area contributed by atoms with Crippen LogP contribution in [0.1, 0.15) is 0 Å². The monoisotopic (exact) mass is 351 g/mol. The van der Waals surface area contributed by atoms with Gasteiger partial charge in [0.25, 0.3) is 0 Å². The highest BCUT2D eigenvalue weighted by Gasteiger charge is 2.06. The van der Waals surface area contributed by atoms with Crippen molar-refractivity contribution in [3.63, 3.8) is 0 Å². The molecule has 22 heavy (non-hydrogen) atoms. The number of hydrogen-bond acceptors (Lipinski definition) is 3. The third-order valence-electron chi connectivity index (χ3n) is 1.53. The van der Waals surface area contributed by atoms with Crippen LogP contribution in [0.15, 0.2) is 23.3 Å². The van der Waals surface area contributed by atoms with Crippen molar-refractivity contribution in [1.82, 2.24) is 0 Å². The fourth-order valence-corrected chi connectivity index (χ4v) is 0.997. The predicted octanol–water partition coefficient (Wildman–Crippen LogP) is 6.16. The first-order valence-electron chi connectivity index (χ1n) is 4.16. The maximum absolute atomic E-state index is 8.27. The molecule has 0 aliphatic rings. The number of para-hydroxylation sites is 1. The van der Waals surface area contributed by atoms with Crippen molar-refractivity contribution >= 4 is 5.69 Å². The molecule has 0 spiro atoms. The normalized spacial score (nSPS) is 6.27. The van der Waals surface area contributed by atoms with Gasteiger partial charge in [0.1, 0.15) is 0 Å². The highest BCUT2D eigenvalue weighted by molar-refractivity contribution is 5.59. The quantitative estimate of drug-likeness (QED) is 0.283. The predicted molar refractivity (Wildman–Crippen MR) is 59.7 cm³/mol. The number of rotatable bonds is 3. The van der Waals surface area contributed by atoms with Crippen LogP contribution in [-0.4, -0.2) is 14.2 Å². The minimum atomic E-state index is 0. The second-order valence-corrected chi connectivity index (χ2v) is 2.20. The summed E-state index contributed by atoms with van der Waals surface area (Å²) >= 11 is 0. The van der Waals surface area contributed by atoms with Gasteiger partial charge in [-0.3, -0.25) is 4.70 Å². The molecule has 0 fully saturated rings. The molecule has 0 saturated heterocycles. The van der Waals surface area contributed by atoms with E-state index >= 15 is 0 Å². The lowest BCUT2D eigenvalue weighted by Crippen LogP contribution is -1.89. The van der Waals surface area contributed by atoms with Crippen LogP contribution in [0.3, 0.4) is 0 Å². The van der Waals surface area contributed by atoms with E-state index in [9.17, 15) is 0 Å². The number of ether oxygens (including phenoxy) is 2. The molecule has 0 unspecified atom stereocenters. The lowest BCUT2D eigenvalue weighted by atomic mass is 10.3.